The number of hydrogen-bond acceptors (Lipinski definition) is 3. The molecule has 0 atom stereocenters. The fourth-order valence-corrected chi connectivity index (χ4v) is 3.26. The van der Waals surface area contributed by atoms with Crippen LogP contribution in [-0.4, -0.2) is 26.8 Å². The quantitative estimate of drug-likeness (QED) is 0.814. The molecule has 0 aliphatic carbocycles. The van der Waals surface area contributed by atoms with Gasteiger partial charge in [0.2, 0.25) is 10.0 Å². The fourth-order valence-electron chi connectivity index (χ4n) is 1.79. The van der Waals surface area contributed by atoms with Crippen molar-refractivity contribution in [1.29, 1.82) is 0 Å². The number of sulfonamides is 1. The molecule has 0 N–H and O–H groups in total. The van der Waals surface area contributed by atoms with Crippen molar-refractivity contribution in [2.45, 2.75) is 11.5 Å². The molecule has 0 heterocycles. The van der Waals surface area contributed by atoms with Crippen LogP contribution in [0.15, 0.2) is 47.4 Å². The largest absolute Gasteiger partial charge is 0.489 e. The normalized spacial score (nSPS) is 11.7. The third-order valence-electron chi connectivity index (χ3n) is 2.92. The van der Waals surface area contributed by atoms with Crippen molar-refractivity contribution in [3.63, 3.8) is 0 Å². The second-order valence-electron chi connectivity index (χ2n) is 4.83. The number of nitrogens with zero attached hydrogens (tertiary/aromatic N) is 1. The number of ether oxygens (including phenoxy) is 1. The van der Waals surface area contributed by atoms with Crippen molar-refractivity contribution >= 4 is 33.2 Å². The standard InChI is InChI=1S/C15H15Cl2NO3S/c1-18(2)22(19,20)15-5-3-4-11(6-15)10-21-14-8-12(16)7-13(17)9-14/h3-9H,10H2,1-2H3. The van der Waals surface area contributed by atoms with Gasteiger partial charge in [-0.05, 0) is 35.9 Å². The number of halogens is 2. The Hall–Kier alpha value is -1.27. The maximum atomic E-state index is 12.1. The summed E-state index contributed by atoms with van der Waals surface area (Å²) in [6.45, 7) is 0.216. The highest BCUT2D eigenvalue weighted by Gasteiger charge is 2.17. The zero-order valence-corrected chi connectivity index (χ0v) is 14.4. The molecule has 2 rings (SSSR count). The minimum Gasteiger partial charge on any atom is -0.489 e. The molecule has 0 saturated heterocycles. The zero-order valence-electron chi connectivity index (χ0n) is 12.1. The van der Waals surface area contributed by atoms with E-state index in [1.54, 1.807) is 42.5 Å². The highest BCUT2D eigenvalue weighted by Crippen LogP contribution is 2.25. The Bertz CT molecular complexity index is 756. The van der Waals surface area contributed by atoms with E-state index >= 15 is 0 Å². The molecule has 2 aromatic rings. The first-order valence-corrected chi connectivity index (χ1v) is 8.59. The third kappa shape index (κ3) is 4.14. The van der Waals surface area contributed by atoms with Gasteiger partial charge in [-0.1, -0.05) is 35.3 Å². The van der Waals surface area contributed by atoms with Crippen molar-refractivity contribution in [3.05, 3.63) is 58.1 Å². The fraction of sp³-hybridized carbons (Fsp3) is 0.200. The predicted molar refractivity (Wildman–Crippen MR) is 88.1 cm³/mol. The predicted octanol–water partition coefficient (Wildman–Crippen LogP) is 3.82. The summed E-state index contributed by atoms with van der Waals surface area (Å²) in [6.07, 6.45) is 0. The average Bonchev–Trinajstić information content (AvgIpc) is 2.44. The van der Waals surface area contributed by atoms with E-state index in [4.69, 9.17) is 27.9 Å². The van der Waals surface area contributed by atoms with Crippen molar-refractivity contribution < 1.29 is 13.2 Å². The Labute approximate surface area is 140 Å². The number of rotatable bonds is 5. The molecule has 0 unspecified atom stereocenters. The van der Waals surface area contributed by atoms with Crippen LogP contribution in [0.3, 0.4) is 0 Å². The zero-order chi connectivity index (χ0) is 16.3. The van der Waals surface area contributed by atoms with Gasteiger partial charge in [-0.2, -0.15) is 0 Å². The lowest BCUT2D eigenvalue weighted by molar-refractivity contribution is 0.306. The van der Waals surface area contributed by atoms with Crippen LogP contribution in [0.25, 0.3) is 0 Å². The Morgan fingerprint density at radius 3 is 2.27 bits per heavy atom. The summed E-state index contributed by atoms with van der Waals surface area (Å²) in [6, 6.07) is 11.5. The maximum absolute atomic E-state index is 12.1. The minimum atomic E-state index is -3.46. The van der Waals surface area contributed by atoms with Crippen molar-refractivity contribution in [2.24, 2.45) is 0 Å². The smallest absolute Gasteiger partial charge is 0.242 e. The van der Waals surface area contributed by atoms with E-state index < -0.39 is 10.0 Å². The van der Waals surface area contributed by atoms with Gasteiger partial charge in [0.25, 0.3) is 0 Å². The van der Waals surface area contributed by atoms with Gasteiger partial charge in [0.1, 0.15) is 12.4 Å². The maximum Gasteiger partial charge on any atom is 0.242 e. The molecular formula is C15H15Cl2NO3S. The molecule has 22 heavy (non-hydrogen) atoms. The van der Waals surface area contributed by atoms with Crippen LogP contribution in [0.2, 0.25) is 10.0 Å². The van der Waals surface area contributed by atoms with Gasteiger partial charge in [0, 0.05) is 24.1 Å². The highest BCUT2D eigenvalue weighted by molar-refractivity contribution is 7.89. The highest BCUT2D eigenvalue weighted by atomic mass is 35.5. The summed E-state index contributed by atoms with van der Waals surface area (Å²) >= 11 is 11.8. The first kappa shape index (κ1) is 17.1. The second-order valence-corrected chi connectivity index (χ2v) is 7.85. The Kier molecular flexibility index (Phi) is 5.34. The molecule has 0 fully saturated rings. The van der Waals surface area contributed by atoms with Crippen LogP contribution in [0.1, 0.15) is 5.56 Å². The molecule has 0 aliphatic heterocycles. The van der Waals surface area contributed by atoms with Crippen LogP contribution in [0, 0.1) is 0 Å². The number of benzene rings is 2. The molecule has 0 bridgehead atoms. The Morgan fingerprint density at radius 2 is 1.68 bits per heavy atom. The topological polar surface area (TPSA) is 46.6 Å². The molecule has 4 nitrogen and oxygen atoms in total. The van der Waals surface area contributed by atoms with Gasteiger partial charge < -0.3 is 4.74 Å². The summed E-state index contributed by atoms with van der Waals surface area (Å²) < 4.78 is 31.0. The monoisotopic (exact) mass is 359 g/mol. The summed E-state index contributed by atoms with van der Waals surface area (Å²) in [7, 11) is -0.475. The lowest BCUT2D eigenvalue weighted by Crippen LogP contribution is -2.22. The molecule has 0 amide bonds. The van der Waals surface area contributed by atoms with Crippen LogP contribution < -0.4 is 4.74 Å². The summed E-state index contributed by atoms with van der Waals surface area (Å²) in [4.78, 5) is 0.225. The molecule has 0 radical (unpaired) electrons. The minimum absolute atomic E-state index is 0.216. The Balaban J connectivity index is 2.18. The molecule has 118 valence electrons. The summed E-state index contributed by atoms with van der Waals surface area (Å²) in [5.41, 5.74) is 0.735. The number of hydrogen-bond donors (Lipinski definition) is 0. The van der Waals surface area contributed by atoms with Gasteiger partial charge >= 0.3 is 0 Å². The van der Waals surface area contributed by atoms with E-state index in [2.05, 4.69) is 0 Å². The summed E-state index contributed by atoms with van der Waals surface area (Å²) in [5, 5.41) is 0.956. The van der Waals surface area contributed by atoms with Crippen molar-refractivity contribution in [3.8, 4) is 5.75 Å². The van der Waals surface area contributed by atoms with Gasteiger partial charge in [0.05, 0.1) is 4.90 Å². The molecular weight excluding hydrogens is 345 g/mol. The van der Waals surface area contributed by atoms with Crippen LogP contribution in [-0.2, 0) is 16.6 Å². The first-order chi connectivity index (χ1) is 10.3. The van der Waals surface area contributed by atoms with E-state index in [-0.39, 0.29) is 11.5 Å². The average molecular weight is 360 g/mol. The van der Waals surface area contributed by atoms with E-state index in [1.165, 1.54) is 18.4 Å². The van der Waals surface area contributed by atoms with E-state index in [9.17, 15) is 8.42 Å². The summed E-state index contributed by atoms with van der Waals surface area (Å²) in [5.74, 6) is 0.526. The molecule has 0 saturated carbocycles. The molecule has 0 aliphatic rings. The first-order valence-electron chi connectivity index (χ1n) is 6.39. The molecule has 7 heteroatoms. The van der Waals surface area contributed by atoms with E-state index in [0.717, 1.165) is 5.56 Å². The van der Waals surface area contributed by atoms with E-state index in [0.29, 0.717) is 15.8 Å². The van der Waals surface area contributed by atoms with Crippen molar-refractivity contribution in [2.75, 3.05) is 14.1 Å². The van der Waals surface area contributed by atoms with Crippen LogP contribution in [0.5, 0.6) is 5.75 Å². The van der Waals surface area contributed by atoms with Gasteiger partial charge in [-0.3, -0.25) is 0 Å². The van der Waals surface area contributed by atoms with Crippen LogP contribution >= 0.6 is 23.2 Å². The van der Waals surface area contributed by atoms with Gasteiger partial charge in [-0.15, -0.1) is 0 Å². The lowest BCUT2D eigenvalue weighted by Gasteiger charge is -2.13. The van der Waals surface area contributed by atoms with Gasteiger partial charge in [0.15, 0.2) is 0 Å². The molecule has 0 aromatic heterocycles. The van der Waals surface area contributed by atoms with Crippen molar-refractivity contribution in [1.82, 2.24) is 4.31 Å². The molecule has 2 aromatic carbocycles. The van der Waals surface area contributed by atoms with E-state index in [1.807, 2.05) is 0 Å². The lowest BCUT2D eigenvalue weighted by atomic mass is 10.2. The molecule has 0 spiro atoms. The third-order valence-corrected chi connectivity index (χ3v) is 5.17. The van der Waals surface area contributed by atoms with Gasteiger partial charge in [-0.25, -0.2) is 12.7 Å². The van der Waals surface area contributed by atoms with Crippen LogP contribution in [0.4, 0.5) is 0 Å². The SMILES string of the molecule is CN(C)S(=O)(=O)c1cccc(COc2cc(Cl)cc(Cl)c2)c1. The second kappa shape index (κ2) is 6.87. The Morgan fingerprint density at radius 1 is 1.05 bits per heavy atom.